The van der Waals surface area contributed by atoms with E-state index in [0.29, 0.717) is 6.10 Å². The Morgan fingerprint density at radius 1 is 1.24 bits per heavy atom. The molecule has 2 rings (SSSR count). The lowest BCUT2D eigenvalue weighted by Gasteiger charge is -2.32. The van der Waals surface area contributed by atoms with Crippen molar-refractivity contribution in [3.63, 3.8) is 0 Å². The zero-order valence-corrected chi connectivity index (χ0v) is 13.7. The van der Waals surface area contributed by atoms with Crippen molar-refractivity contribution < 1.29 is 4.74 Å². The summed E-state index contributed by atoms with van der Waals surface area (Å²) in [7, 11) is 0. The fourth-order valence-corrected chi connectivity index (χ4v) is 2.45. The molecule has 1 aromatic heterocycles. The summed E-state index contributed by atoms with van der Waals surface area (Å²) in [5, 5.41) is 3.42. The number of nitrogens with zero attached hydrogens (tertiary/aromatic N) is 3. The van der Waals surface area contributed by atoms with Gasteiger partial charge in [-0.15, -0.1) is 0 Å². The van der Waals surface area contributed by atoms with Crippen molar-refractivity contribution in [2.24, 2.45) is 0 Å². The summed E-state index contributed by atoms with van der Waals surface area (Å²) < 4.78 is 5.68. The first-order valence-corrected chi connectivity index (χ1v) is 7.90. The Hall–Kier alpha value is -1.20. The molecule has 1 saturated heterocycles. The van der Waals surface area contributed by atoms with Crippen LogP contribution >= 0.6 is 0 Å². The Morgan fingerprint density at radius 3 is 2.48 bits per heavy atom. The molecule has 118 valence electrons. The minimum atomic E-state index is 0.0987. The summed E-state index contributed by atoms with van der Waals surface area (Å²) in [6.45, 7) is 12.1. The normalized spacial score (nSPS) is 17.2. The molecule has 1 aliphatic rings. The number of ether oxygens (including phenoxy) is 1. The lowest BCUT2D eigenvalue weighted by molar-refractivity contribution is 0.0458. The van der Waals surface area contributed by atoms with E-state index in [9.17, 15) is 0 Å². The molecule has 2 heterocycles. The first-order chi connectivity index (χ1) is 9.98. The third-order valence-electron chi connectivity index (χ3n) is 3.66. The second-order valence-corrected chi connectivity index (χ2v) is 6.61. The molecule has 0 aromatic carbocycles. The van der Waals surface area contributed by atoms with Gasteiger partial charge in [0.25, 0.3) is 0 Å². The van der Waals surface area contributed by atoms with Crippen LogP contribution in [-0.2, 0) is 11.3 Å². The third kappa shape index (κ3) is 5.25. The first-order valence-electron chi connectivity index (χ1n) is 7.90. The SMILES string of the molecule is CCOC1CCN(c2cnc(CNC(C)(C)C)cn2)CC1. The molecule has 1 aromatic rings. The van der Waals surface area contributed by atoms with Crippen LogP contribution in [0.2, 0.25) is 0 Å². The zero-order valence-electron chi connectivity index (χ0n) is 13.7. The van der Waals surface area contributed by atoms with Gasteiger partial charge in [-0.2, -0.15) is 0 Å². The quantitative estimate of drug-likeness (QED) is 0.903. The summed E-state index contributed by atoms with van der Waals surface area (Å²) in [4.78, 5) is 11.4. The van der Waals surface area contributed by atoms with Gasteiger partial charge in [-0.05, 0) is 40.5 Å². The van der Waals surface area contributed by atoms with Crippen LogP contribution in [0.15, 0.2) is 12.4 Å². The molecule has 0 amide bonds. The smallest absolute Gasteiger partial charge is 0.147 e. The molecule has 1 N–H and O–H groups in total. The first kappa shape index (κ1) is 16.2. The van der Waals surface area contributed by atoms with Crippen molar-refractivity contribution in [1.82, 2.24) is 15.3 Å². The van der Waals surface area contributed by atoms with Crippen LogP contribution in [0, 0.1) is 0 Å². The summed E-state index contributed by atoms with van der Waals surface area (Å²) in [6, 6.07) is 0. The lowest BCUT2D eigenvalue weighted by Crippen LogP contribution is -2.37. The molecule has 0 radical (unpaired) electrons. The minimum Gasteiger partial charge on any atom is -0.378 e. The number of hydrogen-bond acceptors (Lipinski definition) is 5. The number of anilines is 1. The molecular formula is C16H28N4O. The number of piperidine rings is 1. The Balaban J connectivity index is 1.85. The van der Waals surface area contributed by atoms with Gasteiger partial charge in [0.05, 0.1) is 24.2 Å². The van der Waals surface area contributed by atoms with E-state index in [1.54, 1.807) is 0 Å². The predicted molar refractivity (Wildman–Crippen MR) is 85.5 cm³/mol. The van der Waals surface area contributed by atoms with Gasteiger partial charge >= 0.3 is 0 Å². The van der Waals surface area contributed by atoms with Crippen molar-refractivity contribution in [1.29, 1.82) is 0 Å². The summed E-state index contributed by atoms with van der Waals surface area (Å²) in [5.74, 6) is 0.976. The Morgan fingerprint density at radius 2 is 1.95 bits per heavy atom. The van der Waals surface area contributed by atoms with E-state index in [0.717, 1.165) is 50.6 Å². The van der Waals surface area contributed by atoms with E-state index in [1.165, 1.54) is 0 Å². The molecular weight excluding hydrogens is 264 g/mol. The van der Waals surface area contributed by atoms with Gasteiger partial charge in [0.2, 0.25) is 0 Å². The van der Waals surface area contributed by atoms with Crippen LogP contribution in [0.25, 0.3) is 0 Å². The molecule has 0 bridgehead atoms. The van der Waals surface area contributed by atoms with Crippen LogP contribution in [-0.4, -0.2) is 41.3 Å². The third-order valence-corrected chi connectivity index (χ3v) is 3.66. The largest absolute Gasteiger partial charge is 0.378 e. The molecule has 21 heavy (non-hydrogen) atoms. The van der Waals surface area contributed by atoms with Gasteiger partial charge in [0.15, 0.2) is 0 Å². The van der Waals surface area contributed by atoms with Gasteiger partial charge in [0.1, 0.15) is 5.82 Å². The second-order valence-electron chi connectivity index (χ2n) is 6.61. The maximum absolute atomic E-state index is 5.68. The zero-order chi connectivity index (χ0) is 15.3. The van der Waals surface area contributed by atoms with Crippen molar-refractivity contribution in [2.75, 3.05) is 24.6 Å². The molecule has 0 aliphatic carbocycles. The van der Waals surface area contributed by atoms with Gasteiger partial charge in [-0.3, -0.25) is 4.98 Å². The molecule has 0 saturated carbocycles. The predicted octanol–water partition coefficient (Wildman–Crippen LogP) is 2.37. The average molecular weight is 292 g/mol. The summed E-state index contributed by atoms with van der Waals surface area (Å²) in [5.41, 5.74) is 1.08. The van der Waals surface area contributed by atoms with E-state index < -0.39 is 0 Å². The van der Waals surface area contributed by atoms with E-state index in [1.807, 2.05) is 12.4 Å². The minimum absolute atomic E-state index is 0.0987. The monoisotopic (exact) mass is 292 g/mol. The fourth-order valence-electron chi connectivity index (χ4n) is 2.45. The number of rotatable bonds is 5. The molecule has 0 spiro atoms. The maximum Gasteiger partial charge on any atom is 0.147 e. The van der Waals surface area contributed by atoms with Crippen molar-refractivity contribution in [2.45, 2.75) is 58.7 Å². The number of hydrogen-bond donors (Lipinski definition) is 1. The van der Waals surface area contributed by atoms with Gasteiger partial charge < -0.3 is 15.0 Å². The molecule has 1 fully saturated rings. The Labute approximate surface area is 128 Å². The fraction of sp³-hybridized carbons (Fsp3) is 0.750. The van der Waals surface area contributed by atoms with E-state index in [-0.39, 0.29) is 5.54 Å². The number of nitrogens with one attached hydrogen (secondary N) is 1. The highest BCUT2D eigenvalue weighted by atomic mass is 16.5. The van der Waals surface area contributed by atoms with Crippen LogP contribution in [0.1, 0.15) is 46.2 Å². The lowest BCUT2D eigenvalue weighted by atomic mass is 10.1. The van der Waals surface area contributed by atoms with Crippen molar-refractivity contribution in [3.05, 3.63) is 18.1 Å². The average Bonchev–Trinajstić information content (AvgIpc) is 2.46. The molecule has 5 nitrogen and oxygen atoms in total. The highest BCUT2D eigenvalue weighted by Crippen LogP contribution is 2.19. The molecule has 0 atom stereocenters. The second kappa shape index (κ2) is 7.18. The van der Waals surface area contributed by atoms with Gasteiger partial charge in [-0.25, -0.2) is 4.98 Å². The van der Waals surface area contributed by atoms with Gasteiger partial charge in [0, 0.05) is 31.8 Å². The number of aromatic nitrogens is 2. The standard InChI is InChI=1S/C16H28N4O/c1-5-21-14-6-8-20(9-7-14)15-12-17-13(10-18-15)11-19-16(2,3)4/h10,12,14,19H,5-9,11H2,1-4H3. The van der Waals surface area contributed by atoms with Crippen LogP contribution in [0.4, 0.5) is 5.82 Å². The van der Waals surface area contributed by atoms with Gasteiger partial charge in [-0.1, -0.05) is 0 Å². The molecule has 5 heteroatoms. The Bertz CT molecular complexity index is 419. The Kier molecular flexibility index (Phi) is 5.53. The topological polar surface area (TPSA) is 50.3 Å². The van der Waals surface area contributed by atoms with Crippen LogP contribution in [0.3, 0.4) is 0 Å². The maximum atomic E-state index is 5.68. The molecule has 1 aliphatic heterocycles. The summed E-state index contributed by atoms with van der Waals surface area (Å²) >= 11 is 0. The molecule has 0 unspecified atom stereocenters. The van der Waals surface area contributed by atoms with Crippen molar-refractivity contribution >= 4 is 5.82 Å². The van der Waals surface area contributed by atoms with Crippen LogP contribution < -0.4 is 10.2 Å². The van der Waals surface area contributed by atoms with Crippen LogP contribution in [0.5, 0.6) is 0 Å². The van der Waals surface area contributed by atoms with E-state index in [2.05, 4.69) is 47.9 Å². The van der Waals surface area contributed by atoms with Crippen molar-refractivity contribution in [3.8, 4) is 0 Å². The summed E-state index contributed by atoms with van der Waals surface area (Å²) in [6.07, 6.45) is 6.32. The highest BCUT2D eigenvalue weighted by Gasteiger charge is 2.20. The highest BCUT2D eigenvalue weighted by molar-refractivity contribution is 5.36. The van der Waals surface area contributed by atoms with E-state index in [4.69, 9.17) is 4.74 Å². The van der Waals surface area contributed by atoms with E-state index >= 15 is 0 Å².